The summed E-state index contributed by atoms with van der Waals surface area (Å²) in [6, 6.07) is 9.51. The second kappa shape index (κ2) is 10.1. The van der Waals surface area contributed by atoms with E-state index in [0.29, 0.717) is 16.9 Å². The highest BCUT2D eigenvalue weighted by Gasteiger charge is 2.56. The number of ketones is 1. The zero-order valence-electron chi connectivity index (χ0n) is 22.2. The highest BCUT2D eigenvalue weighted by molar-refractivity contribution is 5.96. The van der Waals surface area contributed by atoms with Gasteiger partial charge >= 0.3 is 6.18 Å². The smallest absolute Gasteiger partial charge is 0.422 e. The van der Waals surface area contributed by atoms with Crippen molar-refractivity contribution in [3.63, 3.8) is 0 Å². The number of Topliss-reactive ketones (excluding diaryl/α,β-unsaturated/α-hetero) is 1. The van der Waals surface area contributed by atoms with Crippen molar-refractivity contribution in [3.05, 3.63) is 70.7 Å². The number of hydrogen-bond acceptors (Lipinski definition) is 6. The van der Waals surface area contributed by atoms with E-state index in [1.807, 2.05) is 0 Å². The van der Waals surface area contributed by atoms with Gasteiger partial charge in [0.2, 0.25) is 5.60 Å². The Bertz CT molecular complexity index is 1420. The first-order valence-electron chi connectivity index (χ1n) is 12.2. The van der Waals surface area contributed by atoms with Gasteiger partial charge in [-0.25, -0.2) is 9.37 Å². The maximum absolute atomic E-state index is 14.5. The zero-order valence-corrected chi connectivity index (χ0v) is 22.2. The van der Waals surface area contributed by atoms with Crippen molar-refractivity contribution in [2.24, 2.45) is 0 Å². The van der Waals surface area contributed by atoms with Crippen molar-refractivity contribution in [1.29, 1.82) is 0 Å². The minimum atomic E-state index is -5.16. The molecule has 1 aliphatic heterocycles. The number of pyridine rings is 1. The van der Waals surface area contributed by atoms with Gasteiger partial charge in [-0.15, -0.1) is 0 Å². The molecule has 10 heteroatoms. The monoisotopic (exact) mass is 547 g/mol. The third kappa shape index (κ3) is 5.17. The topological polar surface area (TPSA) is 77.9 Å². The van der Waals surface area contributed by atoms with Gasteiger partial charge in [0.25, 0.3) is 0 Å². The van der Waals surface area contributed by atoms with E-state index in [1.165, 1.54) is 63.6 Å². The molecule has 6 nitrogen and oxygen atoms in total. The van der Waals surface area contributed by atoms with Gasteiger partial charge in [0.15, 0.2) is 17.3 Å². The van der Waals surface area contributed by atoms with Crippen molar-refractivity contribution in [1.82, 2.24) is 4.98 Å². The number of ether oxygens (including phenoxy) is 3. The van der Waals surface area contributed by atoms with Crippen LogP contribution < -0.4 is 14.2 Å². The molecule has 39 heavy (non-hydrogen) atoms. The third-order valence-corrected chi connectivity index (χ3v) is 7.02. The molecule has 1 atom stereocenters. The Morgan fingerprint density at radius 3 is 2.38 bits per heavy atom. The average Bonchev–Trinajstić information content (AvgIpc) is 3.21. The molecule has 0 amide bonds. The second-order valence-electron chi connectivity index (χ2n) is 10.2. The number of nitrogens with zero attached hydrogens (tertiary/aromatic N) is 1. The fourth-order valence-corrected chi connectivity index (χ4v) is 4.58. The molecule has 0 aliphatic carbocycles. The molecule has 0 saturated carbocycles. The molecule has 3 aromatic rings. The van der Waals surface area contributed by atoms with E-state index in [1.54, 1.807) is 13.8 Å². The lowest BCUT2D eigenvalue weighted by atomic mass is 9.83. The first-order valence-corrected chi connectivity index (χ1v) is 12.2. The summed E-state index contributed by atoms with van der Waals surface area (Å²) in [5, 5.41) is 11.2. The summed E-state index contributed by atoms with van der Waals surface area (Å²) in [4.78, 5) is 17.1. The largest absolute Gasteiger partial charge is 0.493 e. The number of carbonyl (C=O) groups excluding carboxylic acids is 1. The molecule has 0 spiro atoms. The van der Waals surface area contributed by atoms with Gasteiger partial charge in [0.05, 0.1) is 26.5 Å². The number of benzene rings is 2. The highest BCUT2D eigenvalue weighted by Crippen LogP contribution is 2.49. The number of rotatable bonds is 8. The summed E-state index contributed by atoms with van der Waals surface area (Å²) in [5.41, 5.74) is -3.58. The number of aryl methyl sites for hydroxylation is 1. The minimum absolute atomic E-state index is 0.0602. The summed E-state index contributed by atoms with van der Waals surface area (Å²) >= 11 is 0. The van der Waals surface area contributed by atoms with Gasteiger partial charge in [-0.05, 0) is 61.4 Å². The maximum Gasteiger partial charge on any atom is 0.422 e. The predicted octanol–water partition coefficient (Wildman–Crippen LogP) is 6.30. The first kappa shape index (κ1) is 28.4. The van der Waals surface area contributed by atoms with E-state index < -0.39 is 47.3 Å². The molecule has 208 valence electrons. The number of methoxy groups -OCH3 is 2. The van der Waals surface area contributed by atoms with Gasteiger partial charge in [0, 0.05) is 28.5 Å². The molecule has 4 rings (SSSR count). The fraction of sp³-hybridized carbons (Fsp3) is 0.379. The minimum Gasteiger partial charge on any atom is -0.493 e. The molecule has 1 aromatic heterocycles. The number of fused-ring (bicyclic) bond motifs is 1. The van der Waals surface area contributed by atoms with Gasteiger partial charge < -0.3 is 19.3 Å². The van der Waals surface area contributed by atoms with E-state index in [-0.39, 0.29) is 34.9 Å². The van der Waals surface area contributed by atoms with Crippen LogP contribution in [-0.2, 0) is 11.0 Å². The van der Waals surface area contributed by atoms with Crippen LogP contribution in [0.3, 0.4) is 0 Å². The molecule has 0 fully saturated rings. The number of halogens is 4. The molecule has 0 unspecified atom stereocenters. The summed E-state index contributed by atoms with van der Waals surface area (Å²) in [6.45, 7) is 5.31. The maximum atomic E-state index is 14.5. The van der Waals surface area contributed by atoms with Crippen molar-refractivity contribution < 1.29 is 41.7 Å². The SMILES string of the molecule is COc1ccc(C(=O)CC[C@](O)(c2cc3c(c(-c4ccc(F)c(C)c4)n2)OCC3(C)C)C(F)(F)F)cc1OC. The second-order valence-corrected chi connectivity index (χ2v) is 10.2. The molecular weight excluding hydrogens is 518 g/mol. The van der Waals surface area contributed by atoms with Crippen molar-refractivity contribution in [2.45, 2.75) is 50.8 Å². The van der Waals surface area contributed by atoms with Crippen LogP contribution in [0.25, 0.3) is 11.3 Å². The Morgan fingerprint density at radius 1 is 1.08 bits per heavy atom. The quantitative estimate of drug-likeness (QED) is 0.264. The Morgan fingerprint density at radius 2 is 1.77 bits per heavy atom. The molecular formula is C29H29F4NO5. The van der Waals surface area contributed by atoms with E-state index in [2.05, 4.69) is 4.98 Å². The van der Waals surface area contributed by atoms with E-state index >= 15 is 0 Å². The Labute approximate surface area is 223 Å². The Hall–Kier alpha value is -3.66. The van der Waals surface area contributed by atoms with Gasteiger partial charge in [-0.3, -0.25) is 4.79 Å². The number of hydrogen-bond donors (Lipinski definition) is 1. The van der Waals surface area contributed by atoms with Crippen LogP contribution >= 0.6 is 0 Å². The fourth-order valence-electron chi connectivity index (χ4n) is 4.58. The lowest BCUT2D eigenvalue weighted by Gasteiger charge is -2.31. The molecule has 1 aliphatic rings. The van der Waals surface area contributed by atoms with Crippen LogP contribution in [0.1, 0.15) is 53.9 Å². The summed E-state index contributed by atoms with van der Waals surface area (Å²) < 4.78 is 73.7. The van der Waals surface area contributed by atoms with Crippen molar-refractivity contribution >= 4 is 5.78 Å². The number of aliphatic hydroxyl groups is 1. The summed E-state index contributed by atoms with van der Waals surface area (Å²) in [7, 11) is 2.79. The van der Waals surface area contributed by atoms with Crippen LogP contribution in [0.2, 0.25) is 0 Å². The third-order valence-electron chi connectivity index (χ3n) is 7.02. The normalized spacial score (nSPS) is 15.7. The average molecular weight is 548 g/mol. The molecule has 0 saturated heterocycles. The molecule has 2 aromatic carbocycles. The lowest BCUT2D eigenvalue weighted by Crippen LogP contribution is -2.43. The van der Waals surface area contributed by atoms with Crippen LogP contribution in [0.5, 0.6) is 17.2 Å². The van der Waals surface area contributed by atoms with Crippen LogP contribution in [0, 0.1) is 12.7 Å². The number of aromatic nitrogens is 1. The molecule has 0 bridgehead atoms. The molecule has 2 heterocycles. The summed E-state index contributed by atoms with van der Waals surface area (Å²) in [6.07, 6.45) is -6.76. The van der Waals surface area contributed by atoms with E-state index in [4.69, 9.17) is 14.2 Å². The van der Waals surface area contributed by atoms with E-state index in [9.17, 15) is 27.5 Å². The Balaban J connectivity index is 1.78. The zero-order chi connectivity index (χ0) is 28.8. The number of alkyl halides is 3. The van der Waals surface area contributed by atoms with Gasteiger partial charge in [0.1, 0.15) is 17.3 Å². The van der Waals surface area contributed by atoms with Crippen molar-refractivity contribution in [3.8, 4) is 28.5 Å². The molecule has 1 N–H and O–H groups in total. The van der Waals surface area contributed by atoms with Gasteiger partial charge in [-0.2, -0.15) is 13.2 Å². The Kier molecular flexibility index (Phi) is 7.37. The first-order chi connectivity index (χ1) is 18.2. The van der Waals surface area contributed by atoms with Crippen LogP contribution in [0.15, 0.2) is 42.5 Å². The van der Waals surface area contributed by atoms with Gasteiger partial charge in [-0.1, -0.05) is 13.8 Å². The lowest BCUT2D eigenvalue weighted by molar-refractivity contribution is -0.270. The molecule has 0 radical (unpaired) electrons. The van der Waals surface area contributed by atoms with E-state index in [0.717, 1.165) is 0 Å². The number of carbonyl (C=O) groups is 1. The van der Waals surface area contributed by atoms with Crippen molar-refractivity contribution in [2.75, 3.05) is 20.8 Å². The van der Waals surface area contributed by atoms with Crippen LogP contribution in [0.4, 0.5) is 17.6 Å². The predicted molar refractivity (Wildman–Crippen MR) is 136 cm³/mol. The summed E-state index contributed by atoms with van der Waals surface area (Å²) in [5.74, 6) is -0.223. The van der Waals surface area contributed by atoms with Crippen LogP contribution in [-0.4, -0.2) is 42.9 Å². The highest BCUT2D eigenvalue weighted by atomic mass is 19.4. The standard InChI is InChI=1S/C29H29F4NO5/c1-16-12-18(6-8-20(16)30)25-26-19(27(2,3)15-39-26)14-24(34-25)28(36,29(31,32)33)11-10-21(35)17-7-9-22(37-4)23(13-17)38-5/h6-9,12-14,36H,10-11,15H2,1-5H3/t28-/m0/s1.